The smallest absolute Gasteiger partial charge is 0.354 e. The second-order valence-electron chi connectivity index (χ2n) is 4.71. The number of carbonyl (C=O) groups is 2. The molecule has 1 aromatic heterocycles. The van der Waals surface area contributed by atoms with Gasteiger partial charge in [0, 0.05) is 13.7 Å². The van der Waals surface area contributed by atoms with E-state index in [9.17, 15) is 9.59 Å². The van der Waals surface area contributed by atoms with Gasteiger partial charge in [0.1, 0.15) is 5.69 Å². The van der Waals surface area contributed by atoms with Gasteiger partial charge in [0.05, 0.1) is 24.0 Å². The Morgan fingerprint density at radius 3 is 2.75 bits per heavy atom. The summed E-state index contributed by atoms with van der Waals surface area (Å²) in [5.41, 5.74) is 0.396. The molecule has 0 saturated carbocycles. The SMILES string of the molecule is CC1OCCC1N(C)C(=O)Nc1ccc(C(=O)O)nc1. The van der Waals surface area contributed by atoms with E-state index in [2.05, 4.69) is 10.3 Å². The quantitative estimate of drug-likeness (QED) is 0.873. The molecule has 2 N–H and O–H groups in total. The average Bonchev–Trinajstić information content (AvgIpc) is 2.84. The van der Waals surface area contributed by atoms with Gasteiger partial charge in [0.2, 0.25) is 0 Å². The van der Waals surface area contributed by atoms with Gasteiger partial charge in [-0.3, -0.25) is 0 Å². The van der Waals surface area contributed by atoms with Crippen LogP contribution in [0.1, 0.15) is 23.8 Å². The number of aromatic carboxylic acids is 1. The molecule has 0 aliphatic carbocycles. The highest BCUT2D eigenvalue weighted by Gasteiger charge is 2.30. The zero-order chi connectivity index (χ0) is 14.7. The van der Waals surface area contributed by atoms with Crippen molar-refractivity contribution in [2.45, 2.75) is 25.5 Å². The molecular formula is C13H17N3O4. The van der Waals surface area contributed by atoms with Crippen LogP contribution in [0.5, 0.6) is 0 Å². The van der Waals surface area contributed by atoms with Crippen molar-refractivity contribution in [2.75, 3.05) is 19.0 Å². The van der Waals surface area contributed by atoms with Crippen LogP contribution in [-0.4, -0.2) is 52.8 Å². The molecule has 2 rings (SSSR count). The van der Waals surface area contributed by atoms with E-state index in [0.29, 0.717) is 12.3 Å². The number of nitrogens with one attached hydrogen (secondary N) is 1. The molecule has 2 unspecified atom stereocenters. The summed E-state index contributed by atoms with van der Waals surface area (Å²) >= 11 is 0. The van der Waals surface area contributed by atoms with Crippen LogP contribution in [0.3, 0.4) is 0 Å². The Labute approximate surface area is 116 Å². The van der Waals surface area contributed by atoms with E-state index in [1.165, 1.54) is 18.3 Å². The molecule has 0 bridgehead atoms. The highest BCUT2D eigenvalue weighted by Crippen LogP contribution is 2.19. The maximum atomic E-state index is 12.1. The first kappa shape index (κ1) is 14.3. The number of hydrogen-bond acceptors (Lipinski definition) is 4. The summed E-state index contributed by atoms with van der Waals surface area (Å²) in [6.07, 6.45) is 2.14. The Kier molecular flexibility index (Phi) is 4.19. The summed E-state index contributed by atoms with van der Waals surface area (Å²) in [5, 5.41) is 11.4. The van der Waals surface area contributed by atoms with E-state index < -0.39 is 5.97 Å². The number of anilines is 1. The lowest BCUT2D eigenvalue weighted by molar-refractivity contribution is 0.0690. The molecule has 1 aromatic rings. The maximum absolute atomic E-state index is 12.1. The number of likely N-dealkylation sites (N-methyl/N-ethyl adjacent to an activating group) is 1. The van der Waals surface area contributed by atoms with Gasteiger partial charge in [0.25, 0.3) is 0 Å². The van der Waals surface area contributed by atoms with Gasteiger partial charge in [-0.1, -0.05) is 0 Å². The molecular weight excluding hydrogens is 262 g/mol. The molecule has 7 nitrogen and oxygen atoms in total. The van der Waals surface area contributed by atoms with E-state index in [1.807, 2.05) is 6.92 Å². The van der Waals surface area contributed by atoms with Crippen molar-refractivity contribution in [2.24, 2.45) is 0 Å². The number of ether oxygens (including phenoxy) is 1. The third-order valence-electron chi connectivity index (χ3n) is 3.39. The number of hydrogen-bond donors (Lipinski definition) is 2. The minimum absolute atomic E-state index is 0.0123. The van der Waals surface area contributed by atoms with Crippen molar-refractivity contribution in [1.82, 2.24) is 9.88 Å². The summed E-state index contributed by atoms with van der Waals surface area (Å²) in [5.74, 6) is -1.10. The van der Waals surface area contributed by atoms with Gasteiger partial charge < -0.3 is 20.1 Å². The van der Waals surface area contributed by atoms with Gasteiger partial charge in [-0.05, 0) is 25.5 Å². The topological polar surface area (TPSA) is 91.8 Å². The molecule has 20 heavy (non-hydrogen) atoms. The van der Waals surface area contributed by atoms with Crippen molar-refractivity contribution in [1.29, 1.82) is 0 Å². The molecule has 108 valence electrons. The third kappa shape index (κ3) is 3.05. The molecule has 0 radical (unpaired) electrons. The van der Waals surface area contributed by atoms with Crippen molar-refractivity contribution in [3.8, 4) is 0 Å². The number of nitrogens with zero attached hydrogens (tertiary/aromatic N) is 2. The maximum Gasteiger partial charge on any atom is 0.354 e. The molecule has 2 amide bonds. The molecule has 0 aromatic carbocycles. The highest BCUT2D eigenvalue weighted by atomic mass is 16.5. The molecule has 1 aliphatic heterocycles. The summed E-state index contributed by atoms with van der Waals surface area (Å²) in [6, 6.07) is 2.63. The van der Waals surface area contributed by atoms with Crippen LogP contribution in [0.2, 0.25) is 0 Å². The Balaban J connectivity index is 1.98. The lowest BCUT2D eigenvalue weighted by Crippen LogP contribution is -2.43. The van der Waals surface area contributed by atoms with Crippen LogP contribution in [0.4, 0.5) is 10.5 Å². The number of carboxylic acid groups (broad SMARTS) is 1. The predicted molar refractivity (Wildman–Crippen MR) is 71.8 cm³/mol. The van der Waals surface area contributed by atoms with Crippen LogP contribution in [0, 0.1) is 0 Å². The normalized spacial score (nSPS) is 21.5. The molecule has 1 saturated heterocycles. The Morgan fingerprint density at radius 2 is 2.25 bits per heavy atom. The first-order valence-corrected chi connectivity index (χ1v) is 6.34. The lowest BCUT2D eigenvalue weighted by Gasteiger charge is -2.26. The fraction of sp³-hybridized carbons (Fsp3) is 0.462. The zero-order valence-electron chi connectivity index (χ0n) is 11.4. The van der Waals surface area contributed by atoms with Crippen LogP contribution in [-0.2, 0) is 4.74 Å². The number of urea groups is 1. The van der Waals surface area contributed by atoms with Crippen LogP contribution in [0.15, 0.2) is 18.3 Å². The number of pyridine rings is 1. The minimum Gasteiger partial charge on any atom is -0.477 e. The number of aromatic nitrogens is 1. The summed E-state index contributed by atoms with van der Waals surface area (Å²) in [6.45, 7) is 2.59. The first-order chi connectivity index (χ1) is 9.49. The Morgan fingerprint density at radius 1 is 1.50 bits per heavy atom. The second-order valence-corrected chi connectivity index (χ2v) is 4.71. The number of rotatable bonds is 3. The van der Waals surface area contributed by atoms with Crippen molar-refractivity contribution < 1.29 is 19.4 Å². The second kappa shape index (κ2) is 5.87. The van der Waals surface area contributed by atoms with Crippen LogP contribution < -0.4 is 5.32 Å². The van der Waals surface area contributed by atoms with Crippen molar-refractivity contribution in [3.05, 3.63) is 24.0 Å². The van der Waals surface area contributed by atoms with Crippen molar-refractivity contribution >= 4 is 17.7 Å². The van der Waals surface area contributed by atoms with Gasteiger partial charge in [-0.25, -0.2) is 14.6 Å². The summed E-state index contributed by atoms with van der Waals surface area (Å²) in [7, 11) is 1.71. The fourth-order valence-electron chi connectivity index (χ4n) is 2.19. The standard InChI is InChI=1S/C13H17N3O4/c1-8-11(5-6-20-8)16(2)13(19)15-9-3-4-10(12(17)18)14-7-9/h3-4,7-8,11H,5-6H2,1-2H3,(H,15,19)(H,17,18). The van der Waals surface area contributed by atoms with E-state index in [0.717, 1.165) is 6.42 Å². The predicted octanol–water partition coefficient (Wildman–Crippen LogP) is 1.42. The third-order valence-corrected chi connectivity index (χ3v) is 3.39. The fourth-order valence-corrected chi connectivity index (χ4v) is 2.19. The number of carboxylic acids is 1. The molecule has 2 atom stereocenters. The van der Waals surface area contributed by atoms with Gasteiger partial charge in [0.15, 0.2) is 0 Å². The monoisotopic (exact) mass is 279 g/mol. The van der Waals surface area contributed by atoms with Crippen LogP contribution in [0.25, 0.3) is 0 Å². The molecule has 2 heterocycles. The van der Waals surface area contributed by atoms with E-state index >= 15 is 0 Å². The molecule has 7 heteroatoms. The van der Waals surface area contributed by atoms with Crippen molar-refractivity contribution in [3.63, 3.8) is 0 Å². The first-order valence-electron chi connectivity index (χ1n) is 6.34. The summed E-state index contributed by atoms with van der Waals surface area (Å²) in [4.78, 5) is 28.1. The van der Waals surface area contributed by atoms with Crippen LogP contribution >= 0.6 is 0 Å². The number of amides is 2. The molecule has 0 spiro atoms. The average molecular weight is 279 g/mol. The Hall–Kier alpha value is -2.15. The van der Waals surface area contributed by atoms with Gasteiger partial charge in [-0.15, -0.1) is 0 Å². The van der Waals surface area contributed by atoms with Gasteiger partial charge in [-0.2, -0.15) is 0 Å². The minimum atomic E-state index is -1.10. The largest absolute Gasteiger partial charge is 0.477 e. The van der Waals surface area contributed by atoms with Gasteiger partial charge >= 0.3 is 12.0 Å². The molecule has 1 fully saturated rings. The highest BCUT2D eigenvalue weighted by molar-refractivity contribution is 5.90. The summed E-state index contributed by atoms with van der Waals surface area (Å²) < 4.78 is 5.43. The zero-order valence-corrected chi connectivity index (χ0v) is 11.4. The number of carbonyl (C=O) groups excluding carboxylic acids is 1. The van der Waals surface area contributed by atoms with E-state index in [4.69, 9.17) is 9.84 Å². The van der Waals surface area contributed by atoms with E-state index in [-0.39, 0.29) is 23.9 Å². The lowest BCUT2D eigenvalue weighted by atomic mass is 10.1. The van der Waals surface area contributed by atoms with E-state index in [1.54, 1.807) is 11.9 Å². The Bertz CT molecular complexity index is 503. The molecule has 1 aliphatic rings.